The number of esters is 4. The Morgan fingerprint density at radius 1 is 1.10 bits per heavy atom. The van der Waals surface area contributed by atoms with Gasteiger partial charge in [0.15, 0.2) is 24.5 Å². The molecule has 2 heterocycles. The first kappa shape index (κ1) is 22.7. The molecule has 0 spiro atoms. The summed E-state index contributed by atoms with van der Waals surface area (Å²) in [5, 5.41) is 11.2. The van der Waals surface area contributed by atoms with E-state index in [0.29, 0.717) is 0 Å². The minimum absolute atomic E-state index is 0.341. The lowest BCUT2D eigenvalue weighted by Crippen LogP contribution is -2.55. The topological polar surface area (TPSA) is 175 Å². The van der Waals surface area contributed by atoms with Crippen molar-refractivity contribution < 1.29 is 47.8 Å². The van der Waals surface area contributed by atoms with E-state index in [9.17, 15) is 29.3 Å². The summed E-state index contributed by atoms with van der Waals surface area (Å²) < 4.78 is 26.6. The van der Waals surface area contributed by atoms with Crippen LogP contribution in [0.4, 0.5) is 5.82 Å². The van der Waals surface area contributed by atoms with Gasteiger partial charge in [-0.15, -0.1) is 0 Å². The number of ether oxygens (including phenoxy) is 5. The van der Waals surface area contributed by atoms with Gasteiger partial charge in [-0.05, 0) is 9.91 Å². The summed E-state index contributed by atoms with van der Waals surface area (Å²) in [6, 6.07) is 0. The molecule has 1 aliphatic heterocycles. The van der Waals surface area contributed by atoms with E-state index < -0.39 is 64.9 Å². The highest BCUT2D eigenvalue weighted by Crippen LogP contribution is 2.33. The molecule has 14 nitrogen and oxygen atoms in total. The van der Waals surface area contributed by atoms with E-state index in [4.69, 9.17) is 18.9 Å². The van der Waals surface area contributed by atoms with E-state index in [-0.39, 0.29) is 6.61 Å². The van der Waals surface area contributed by atoms with Crippen molar-refractivity contribution in [1.82, 2.24) is 9.55 Å². The molecule has 0 aliphatic carbocycles. The van der Waals surface area contributed by atoms with Gasteiger partial charge in [-0.25, -0.2) is 4.79 Å². The lowest BCUT2D eigenvalue weighted by Gasteiger charge is -2.40. The molecule has 0 saturated carbocycles. The van der Waals surface area contributed by atoms with Gasteiger partial charge < -0.3 is 33.8 Å². The van der Waals surface area contributed by atoms with Crippen LogP contribution >= 0.6 is 0 Å². The normalized spacial score (nSPS) is 23.2. The van der Waals surface area contributed by atoms with Gasteiger partial charge in [-0.1, -0.05) is 0 Å². The number of rotatable bonds is 6. The summed E-state index contributed by atoms with van der Waals surface area (Å²) in [6.07, 6.45) is -4.39. The van der Waals surface area contributed by atoms with E-state index >= 15 is 0 Å². The van der Waals surface area contributed by atoms with Gasteiger partial charge >= 0.3 is 29.7 Å². The average Bonchev–Trinajstić information content (AvgIpc) is 3.07. The summed E-state index contributed by atoms with van der Waals surface area (Å²) in [4.78, 5) is 60.8. The molecule has 30 heavy (non-hydrogen) atoms. The van der Waals surface area contributed by atoms with E-state index in [2.05, 4.69) is 9.72 Å². The predicted octanol–water partition coefficient (Wildman–Crippen LogP) is -0.0982. The van der Waals surface area contributed by atoms with Crippen molar-refractivity contribution in [2.45, 2.75) is 45.3 Å². The number of hydrogen-bond donors (Lipinski definition) is 0. The SMILES string of the molecule is COC(=O)c1c([N+](=O)[O-])ncn1[C@@H]1OC[C@@H](OC(C)=O)[C@@H](OC(C)=O)[C@H]1OC(C)=O. The molecule has 164 valence electrons. The highest BCUT2D eigenvalue weighted by atomic mass is 16.7. The molecule has 1 fully saturated rings. The van der Waals surface area contributed by atoms with Gasteiger partial charge in [-0.2, -0.15) is 0 Å². The van der Waals surface area contributed by atoms with Crippen molar-refractivity contribution in [3.05, 3.63) is 22.1 Å². The highest BCUT2D eigenvalue weighted by molar-refractivity contribution is 5.91. The Bertz CT molecular complexity index is 865. The van der Waals surface area contributed by atoms with Crippen LogP contribution in [0.5, 0.6) is 0 Å². The monoisotopic (exact) mass is 429 g/mol. The summed E-state index contributed by atoms with van der Waals surface area (Å²) in [7, 11) is 1.01. The maximum atomic E-state index is 12.2. The molecule has 0 bridgehead atoms. The van der Waals surface area contributed by atoms with E-state index in [1.165, 1.54) is 0 Å². The summed E-state index contributed by atoms with van der Waals surface area (Å²) in [6.45, 7) is 2.93. The summed E-state index contributed by atoms with van der Waals surface area (Å²) in [5.74, 6) is -4.23. The third-order valence-corrected chi connectivity index (χ3v) is 3.92. The fourth-order valence-electron chi connectivity index (χ4n) is 2.93. The van der Waals surface area contributed by atoms with Gasteiger partial charge in [0.05, 0.1) is 13.7 Å². The van der Waals surface area contributed by atoms with Crippen molar-refractivity contribution in [1.29, 1.82) is 0 Å². The number of nitrogens with zero attached hydrogens (tertiary/aromatic N) is 3. The third kappa shape index (κ3) is 4.89. The van der Waals surface area contributed by atoms with Crippen LogP contribution in [-0.2, 0) is 38.1 Å². The molecule has 0 amide bonds. The van der Waals surface area contributed by atoms with E-state index in [1.54, 1.807) is 0 Å². The zero-order chi connectivity index (χ0) is 22.6. The molecule has 0 aromatic carbocycles. The molecule has 1 aliphatic rings. The summed E-state index contributed by atoms with van der Waals surface area (Å²) in [5.41, 5.74) is -0.586. The Morgan fingerprint density at radius 3 is 2.17 bits per heavy atom. The number of carbonyl (C=O) groups is 4. The first-order valence-electron chi connectivity index (χ1n) is 8.49. The van der Waals surface area contributed by atoms with Gasteiger partial charge in [0.25, 0.3) is 0 Å². The van der Waals surface area contributed by atoms with Crippen LogP contribution in [0.15, 0.2) is 6.33 Å². The number of carbonyl (C=O) groups excluding carboxylic acids is 4. The molecular formula is C16H19N3O11. The van der Waals surface area contributed by atoms with E-state index in [1.807, 2.05) is 0 Å². The molecular weight excluding hydrogens is 410 g/mol. The second-order valence-corrected chi connectivity index (χ2v) is 6.09. The van der Waals surface area contributed by atoms with Crippen LogP contribution in [0, 0.1) is 10.1 Å². The maximum absolute atomic E-state index is 12.2. The zero-order valence-electron chi connectivity index (χ0n) is 16.4. The van der Waals surface area contributed by atoms with E-state index in [0.717, 1.165) is 38.8 Å². The van der Waals surface area contributed by atoms with Crippen LogP contribution in [0.25, 0.3) is 0 Å². The van der Waals surface area contributed by atoms with Crippen LogP contribution in [0.3, 0.4) is 0 Å². The third-order valence-electron chi connectivity index (χ3n) is 3.92. The quantitative estimate of drug-likeness (QED) is 0.254. The first-order valence-corrected chi connectivity index (χ1v) is 8.49. The van der Waals surface area contributed by atoms with Gasteiger partial charge in [-0.3, -0.25) is 19.0 Å². The fraction of sp³-hybridized carbons (Fsp3) is 0.562. The number of aromatic nitrogens is 2. The van der Waals surface area contributed by atoms with Crippen molar-refractivity contribution in [2.75, 3.05) is 13.7 Å². The van der Waals surface area contributed by atoms with Crippen LogP contribution in [-0.4, -0.2) is 70.4 Å². The van der Waals surface area contributed by atoms with Crippen molar-refractivity contribution >= 4 is 29.7 Å². The van der Waals surface area contributed by atoms with Gasteiger partial charge in [0.2, 0.25) is 12.0 Å². The minimum Gasteiger partial charge on any atom is -0.464 e. The molecule has 1 saturated heterocycles. The Hall–Kier alpha value is -3.55. The Kier molecular flexibility index (Phi) is 7.05. The molecule has 1 aromatic rings. The minimum atomic E-state index is -1.44. The fourth-order valence-corrected chi connectivity index (χ4v) is 2.93. The average molecular weight is 429 g/mol. The highest BCUT2D eigenvalue weighted by Gasteiger charge is 2.49. The second-order valence-electron chi connectivity index (χ2n) is 6.09. The standard InChI is InChI=1S/C16H19N3O11/c1-7(20)28-10-5-27-15(13(30-9(3)22)12(10)29-8(2)21)18-6-17-14(19(24)25)11(18)16(23)26-4/h6,10,12-13,15H,5H2,1-4H3/t10-,12-,13-,15-/m1/s1. The van der Waals surface area contributed by atoms with Gasteiger partial charge in [0, 0.05) is 20.8 Å². The van der Waals surface area contributed by atoms with Crippen molar-refractivity contribution in [3.8, 4) is 0 Å². The molecule has 14 heteroatoms. The van der Waals surface area contributed by atoms with Crippen molar-refractivity contribution in [3.63, 3.8) is 0 Å². The lowest BCUT2D eigenvalue weighted by atomic mass is 10.0. The lowest BCUT2D eigenvalue weighted by molar-refractivity contribution is -0.389. The number of nitro groups is 1. The van der Waals surface area contributed by atoms with Crippen molar-refractivity contribution in [2.24, 2.45) is 0 Å². The molecule has 2 rings (SSSR count). The number of imidazole rings is 1. The maximum Gasteiger partial charge on any atom is 0.396 e. The summed E-state index contributed by atoms with van der Waals surface area (Å²) >= 11 is 0. The largest absolute Gasteiger partial charge is 0.464 e. The van der Waals surface area contributed by atoms with Gasteiger partial charge in [0.1, 0.15) is 0 Å². The molecule has 0 unspecified atom stereocenters. The predicted molar refractivity (Wildman–Crippen MR) is 91.9 cm³/mol. The Balaban J connectivity index is 2.57. The zero-order valence-corrected chi connectivity index (χ0v) is 16.4. The molecule has 1 aromatic heterocycles. The van der Waals surface area contributed by atoms with Crippen LogP contribution in [0.2, 0.25) is 0 Å². The van der Waals surface area contributed by atoms with Crippen LogP contribution < -0.4 is 0 Å². The number of hydrogen-bond acceptors (Lipinski definition) is 12. The molecule has 0 N–H and O–H groups in total. The Morgan fingerprint density at radius 2 is 1.67 bits per heavy atom. The smallest absolute Gasteiger partial charge is 0.396 e. The second kappa shape index (κ2) is 9.30. The molecule has 4 atom stereocenters. The van der Waals surface area contributed by atoms with Crippen LogP contribution in [0.1, 0.15) is 37.5 Å². The first-order chi connectivity index (χ1) is 14.1. The Labute approximate surface area is 169 Å². The number of methoxy groups -OCH3 is 1. The molecule has 0 radical (unpaired) electrons.